The van der Waals surface area contributed by atoms with Gasteiger partial charge in [0.15, 0.2) is 5.96 Å². The van der Waals surface area contributed by atoms with E-state index in [-0.39, 0.29) is 29.9 Å². The number of amides is 1. The molecular formula is C24H35IN4O2. The van der Waals surface area contributed by atoms with E-state index in [4.69, 9.17) is 9.41 Å². The highest BCUT2D eigenvalue weighted by molar-refractivity contribution is 14.0. The average molecular weight is 538 g/mol. The molecule has 1 aromatic heterocycles. The minimum atomic E-state index is 0. The molecule has 1 fully saturated rings. The Morgan fingerprint density at radius 2 is 1.90 bits per heavy atom. The van der Waals surface area contributed by atoms with E-state index in [1.54, 1.807) is 25.3 Å². The summed E-state index contributed by atoms with van der Waals surface area (Å²) in [5, 5.41) is 7.11. The van der Waals surface area contributed by atoms with Gasteiger partial charge in [-0.15, -0.1) is 24.0 Å². The summed E-state index contributed by atoms with van der Waals surface area (Å²) in [4.78, 5) is 18.5. The number of nitrogens with one attached hydrogen (secondary N) is 2. The third-order valence-corrected chi connectivity index (χ3v) is 5.70. The summed E-state index contributed by atoms with van der Waals surface area (Å²) >= 11 is 0. The summed E-state index contributed by atoms with van der Waals surface area (Å²) in [6.45, 7) is 3.64. The number of guanidine groups is 1. The van der Waals surface area contributed by atoms with Crippen LogP contribution in [0.4, 0.5) is 0 Å². The number of benzene rings is 1. The first-order valence-corrected chi connectivity index (χ1v) is 10.9. The zero-order chi connectivity index (χ0) is 21.3. The number of aliphatic imine (C=N–C) groups is 1. The predicted molar refractivity (Wildman–Crippen MR) is 136 cm³/mol. The molecule has 2 aromatic rings. The van der Waals surface area contributed by atoms with Crippen molar-refractivity contribution in [1.29, 1.82) is 0 Å². The molecule has 1 amide bonds. The molecule has 170 valence electrons. The van der Waals surface area contributed by atoms with Gasteiger partial charge in [-0.1, -0.05) is 31.9 Å². The highest BCUT2D eigenvalue weighted by Crippen LogP contribution is 2.23. The van der Waals surface area contributed by atoms with Crippen LogP contribution in [0.2, 0.25) is 0 Å². The van der Waals surface area contributed by atoms with E-state index < -0.39 is 0 Å². The maximum absolute atomic E-state index is 12.1. The summed E-state index contributed by atoms with van der Waals surface area (Å²) in [7, 11) is 3.53. The van der Waals surface area contributed by atoms with Crippen LogP contribution in [0.1, 0.15) is 54.3 Å². The number of rotatable bonds is 7. The van der Waals surface area contributed by atoms with E-state index in [1.807, 2.05) is 36.4 Å². The number of nitrogens with zero attached hydrogens (tertiary/aromatic N) is 2. The van der Waals surface area contributed by atoms with Gasteiger partial charge in [-0.3, -0.25) is 4.79 Å². The van der Waals surface area contributed by atoms with Gasteiger partial charge in [-0.2, -0.15) is 0 Å². The number of hydrogen-bond donors (Lipinski definition) is 2. The van der Waals surface area contributed by atoms with Crippen molar-refractivity contribution in [2.75, 3.05) is 20.6 Å². The lowest BCUT2D eigenvalue weighted by molar-refractivity contribution is 0.0827. The fourth-order valence-electron chi connectivity index (χ4n) is 3.80. The molecule has 1 saturated carbocycles. The Kier molecular flexibility index (Phi) is 10.4. The van der Waals surface area contributed by atoms with Crippen molar-refractivity contribution in [1.82, 2.24) is 15.5 Å². The van der Waals surface area contributed by atoms with Crippen LogP contribution in [0.15, 0.2) is 52.1 Å². The minimum absolute atomic E-state index is 0. The zero-order valence-electron chi connectivity index (χ0n) is 18.8. The first kappa shape index (κ1) is 25.2. The van der Waals surface area contributed by atoms with Crippen molar-refractivity contribution in [2.24, 2.45) is 10.9 Å². The van der Waals surface area contributed by atoms with E-state index >= 15 is 0 Å². The molecule has 0 radical (unpaired) electrons. The van der Waals surface area contributed by atoms with Gasteiger partial charge >= 0.3 is 0 Å². The molecule has 1 aliphatic rings. The van der Waals surface area contributed by atoms with Crippen molar-refractivity contribution in [3.63, 3.8) is 0 Å². The van der Waals surface area contributed by atoms with Gasteiger partial charge in [0.05, 0.1) is 12.8 Å². The first-order valence-electron chi connectivity index (χ1n) is 10.9. The smallest absolute Gasteiger partial charge is 0.253 e. The second-order valence-corrected chi connectivity index (χ2v) is 8.33. The van der Waals surface area contributed by atoms with Crippen LogP contribution in [0, 0.1) is 5.92 Å². The van der Waals surface area contributed by atoms with Crippen LogP contribution in [-0.2, 0) is 13.0 Å². The molecule has 2 unspecified atom stereocenters. The Bertz CT molecular complexity index is 819. The number of hydrogen-bond acceptors (Lipinski definition) is 3. The van der Waals surface area contributed by atoms with E-state index in [1.165, 1.54) is 25.7 Å². The summed E-state index contributed by atoms with van der Waals surface area (Å²) in [6.07, 6.45) is 7.55. The van der Waals surface area contributed by atoms with Gasteiger partial charge in [0.2, 0.25) is 0 Å². The van der Waals surface area contributed by atoms with Crippen LogP contribution in [-0.4, -0.2) is 43.4 Å². The van der Waals surface area contributed by atoms with E-state index in [9.17, 15) is 4.79 Å². The van der Waals surface area contributed by atoms with Crippen molar-refractivity contribution >= 4 is 35.8 Å². The van der Waals surface area contributed by atoms with Gasteiger partial charge in [-0.05, 0) is 48.6 Å². The first-order chi connectivity index (χ1) is 14.5. The molecule has 3 rings (SSSR count). The second-order valence-electron chi connectivity index (χ2n) is 8.33. The van der Waals surface area contributed by atoms with Gasteiger partial charge in [0.25, 0.3) is 5.91 Å². The molecule has 0 aliphatic heterocycles. The monoisotopic (exact) mass is 538 g/mol. The van der Waals surface area contributed by atoms with Gasteiger partial charge in [-0.25, -0.2) is 4.99 Å². The Morgan fingerprint density at radius 1 is 1.16 bits per heavy atom. The Balaban J connectivity index is 0.00000341. The molecule has 1 heterocycles. The third-order valence-electron chi connectivity index (χ3n) is 5.70. The fourth-order valence-corrected chi connectivity index (χ4v) is 3.80. The molecule has 1 aliphatic carbocycles. The number of carbonyl (C=O) groups is 1. The summed E-state index contributed by atoms with van der Waals surface area (Å²) < 4.78 is 5.43. The van der Waals surface area contributed by atoms with Gasteiger partial charge in [0.1, 0.15) is 5.76 Å². The molecule has 31 heavy (non-hydrogen) atoms. The standard InChI is InChI=1S/C24H34N4O2.HI/c1-18-7-4-5-9-22(18)27-24(25-15-14-21-8-6-16-30-21)26-17-19-10-12-20(13-11-19)23(29)28(2)3;/h6,8,10-13,16,18,22H,4-5,7,9,14-15,17H2,1-3H3,(H2,25,26,27);1H. The average Bonchev–Trinajstić information content (AvgIpc) is 3.26. The molecular weight excluding hydrogens is 503 g/mol. The molecule has 2 atom stereocenters. The molecule has 6 nitrogen and oxygen atoms in total. The minimum Gasteiger partial charge on any atom is -0.469 e. The van der Waals surface area contributed by atoms with Gasteiger partial charge < -0.3 is 20.0 Å². The van der Waals surface area contributed by atoms with Crippen LogP contribution in [0.3, 0.4) is 0 Å². The molecule has 7 heteroatoms. The number of carbonyl (C=O) groups excluding carboxylic acids is 1. The second kappa shape index (κ2) is 12.7. The van der Waals surface area contributed by atoms with E-state index in [0.29, 0.717) is 24.1 Å². The zero-order valence-corrected chi connectivity index (χ0v) is 21.1. The maximum atomic E-state index is 12.1. The highest BCUT2D eigenvalue weighted by atomic mass is 127. The molecule has 0 bridgehead atoms. The summed E-state index contributed by atoms with van der Waals surface area (Å²) in [5.74, 6) is 2.47. The van der Waals surface area contributed by atoms with E-state index in [0.717, 1.165) is 30.2 Å². The molecule has 2 N–H and O–H groups in total. The lowest BCUT2D eigenvalue weighted by atomic mass is 9.86. The van der Waals surface area contributed by atoms with Crippen LogP contribution < -0.4 is 10.6 Å². The van der Waals surface area contributed by atoms with E-state index in [2.05, 4.69) is 17.6 Å². The lowest BCUT2D eigenvalue weighted by Crippen LogP contribution is -2.47. The van der Waals surface area contributed by atoms with Crippen LogP contribution >= 0.6 is 24.0 Å². The Morgan fingerprint density at radius 3 is 2.55 bits per heavy atom. The largest absolute Gasteiger partial charge is 0.469 e. The normalized spacial score (nSPS) is 18.7. The van der Waals surface area contributed by atoms with Crippen molar-refractivity contribution < 1.29 is 9.21 Å². The van der Waals surface area contributed by atoms with Gasteiger partial charge in [0, 0.05) is 38.7 Å². The Hall–Kier alpha value is -2.03. The molecule has 0 saturated heterocycles. The number of halogens is 1. The Labute approximate surface area is 202 Å². The highest BCUT2D eigenvalue weighted by Gasteiger charge is 2.22. The molecule has 1 aromatic carbocycles. The maximum Gasteiger partial charge on any atom is 0.253 e. The predicted octanol–water partition coefficient (Wildman–Crippen LogP) is 4.46. The quantitative estimate of drug-likeness (QED) is 0.311. The van der Waals surface area contributed by atoms with Crippen molar-refractivity contribution in [2.45, 2.75) is 51.6 Å². The van der Waals surface area contributed by atoms with Crippen LogP contribution in [0.25, 0.3) is 0 Å². The summed E-state index contributed by atoms with van der Waals surface area (Å²) in [5.41, 5.74) is 1.77. The van der Waals surface area contributed by atoms with Crippen molar-refractivity contribution in [3.8, 4) is 0 Å². The summed E-state index contributed by atoms with van der Waals surface area (Å²) in [6, 6.07) is 12.0. The fraction of sp³-hybridized carbons (Fsp3) is 0.500. The topological polar surface area (TPSA) is 69.9 Å². The third kappa shape index (κ3) is 7.87. The number of furan rings is 1. The van der Waals surface area contributed by atoms with Crippen LogP contribution in [0.5, 0.6) is 0 Å². The SMILES string of the molecule is CC1CCCCC1NC(=NCc1ccc(C(=O)N(C)C)cc1)NCCc1ccco1.I. The molecule has 0 spiro atoms. The van der Waals surface area contributed by atoms with Crippen molar-refractivity contribution in [3.05, 3.63) is 59.5 Å². The lowest BCUT2D eigenvalue weighted by Gasteiger charge is -2.31.